The van der Waals surface area contributed by atoms with Crippen molar-refractivity contribution < 1.29 is 19.0 Å². The van der Waals surface area contributed by atoms with Crippen LogP contribution in [0.1, 0.15) is 47.7 Å². The maximum absolute atomic E-state index is 13.2. The number of benzene rings is 2. The molecule has 0 saturated carbocycles. The van der Waals surface area contributed by atoms with Crippen molar-refractivity contribution in [1.82, 2.24) is 9.88 Å². The van der Waals surface area contributed by atoms with E-state index >= 15 is 0 Å². The van der Waals surface area contributed by atoms with Gasteiger partial charge in [0.05, 0.1) is 13.7 Å². The van der Waals surface area contributed by atoms with Gasteiger partial charge in [-0.15, -0.1) is 0 Å². The smallest absolute Gasteiger partial charge is 0.253 e. The average molecular weight is 475 g/mol. The van der Waals surface area contributed by atoms with E-state index in [2.05, 4.69) is 17.1 Å². The summed E-state index contributed by atoms with van der Waals surface area (Å²) in [5.74, 6) is 2.82. The lowest BCUT2D eigenvalue weighted by molar-refractivity contribution is 0.0686. The Morgan fingerprint density at radius 3 is 2.37 bits per heavy atom. The second kappa shape index (κ2) is 12.2. The SMILES string of the molecule is CCOc1cc(C(=O)N2CCC(CCc3ccc(OC)cc3)CC2)ccc1OCc1ccncc1. The van der Waals surface area contributed by atoms with Crippen molar-refractivity contribution in [3.8, 4) is 17.2 Å². The summed E-state index contributed by atoms with van der Waals surface area (Å²) < 4.78 is 17.0. The van der Waals surface area contributed by atoms with Crippen LogP contribution in [0.15, 0.2) is 67.0 Å². The van der Waals surface area contributed by atoms with Gasteiger partial charge in [0.2, 0.25) is 0 Å². The van der Waals surface area contributed by atoms with Crippen LogP contribution in [0.5, 0.6) is 17.2 Å². The van der Waals surface area contributed by atoms with Gasteiger partial charge in [0.25, 0.3) is 5.91 Å². The highest BCUT2D eigenvalue weighted by Gasteiger charge is 2.24. The molecular weight excluding hydrogens is 440 g/mol. The molecule has 0 atom stereocenters. The first-order valence-electron chi connectivity index (χ1n) is 12.4. The third-order valence-corrected chi connectivity index (χ3v) is 6.54. The molecule has 0 aliphatic carbocycles. The van der Waals surface area contributed by atoms with Gasteiger partial charge in [0, 0.05) is 31.0 Å². The zero-order chi connectivity index (χ0) is 24.5. The van der Waals surface area contributed by atoms with Gasteiger partial charge < -0.3 is 19.1 Å². The number of aryl methyl sites for hydroxylation is 1. The number of likely N-dealkylation sites (tertiary alicyclic amines) is 1. The summed E-state index contributed by atoms with van der Waals surface area (Å²) in [5.41, 5.74) is 3.00. The molecule has 0 spiro atoms. The maximum Gasteiger partial charge on any atom is 0.253 e. The van der Waals surface area contributed by atoms with E-state index in [9.17, 15) is 4.79 Å². The van der Waals surface area contributed by atoms with Gasteiger partial charge in [-0.25, -0.2) is 0 Å². The lowest BCUT2D eigenvalue weighted by Crippen LogP contribution is -2.38. The first kappa shape index (κ1) is 24.6. The Kier molecular flexibility index (Phi) is 8.60. The van der Waals surface area contributed by atoms with Gasteiger partial charge in [-0.2, -0.15) is 0 Å². The number of aromatic nitrogens is 1. The molecule has 1 aliphatic rings. The minimum absolute atomic E-state index is 0.0558. The highest BCUT2D eigenvalue weighted by molar-refractivity contribution is 5.95. The van der Waals surface area contributed by atoms with Gasteiger partial charge in [-0.05, 0) is 92.1 Å². The van der Waals surface area contributed by atoms with E-state index in [4.69, 9.17) is 14.2 Å². The minimum Gasteiger partial charge on any atom is -0.497 e. The summed E-state index contributed by atoms with van der Waals surface area (Å²) in [6.07, 6.45) is 7.76. The van der Waals surface area contributed by atoms with Gasteiger partial charge in [0.1, 0.15) is 12.4 Å². The molecule has 4 rings (SSSR count). The number of pyridine rings is 1. The molecule has 6 nitrogen and oxygen atoms in total. The number of carbonyl (C=O) groups excluding carboxylic acids is 1. The molecule has 1 amide bonds. The molecule has 0 radical (unpaired) electrons. The molecule has 184 valence electrons. The van der Waals surface area contributed by atoms with Gasteiger partial charge in [-0.3, -0.25) is 9.78 Å². The largest absolute Gasteiger partial charge is 0.497 e. The number of carbonyl (C=O) groups is 1. The van der Waals surface area contributed by atoms with Gasteiger partial charge >= 0.3 is 0 Å². The predicted molar refractivity (Wildman–Crippen MR) is 136 cm³/mol. The van der Waals surface area contributed by atoms with Crippen molar-refractivity contribution in [2.24, 2.45) is 5.92 Å². The zero-order valence-electron chi connectivity index (χ0n) is 20.6. The molecule has 0 unspecified atom stereocenters. The highest BCUT2D eigenvalue weighted by atomic mass is 16.5. The van der Waals surface area contributed by atoms with Crippen LogP contribution in [0.2, 0.25) is 0 Å². The van der Waals surface area contributed by atoms with E-state index in [0.717, 1.165) is 50.1 Å². The van der Waals surface area contributed by atoms with Crippen LogP contribution in [-0.4, -0.2) is 42.6 Å². The first-order valence-corrected chi connectivity index (χ1v) is 12.4. The number of hydrogen-bond donors (Lipinski definition) is 0. The van der Waals surface area contributed by atoms with Crippen molar-refractivity contribution in [1.29, 1.82) is 0 Å². The van der Waals surface area contributed by atoms with E-state index in [1.165, 1.54) is 5.56 Å². The lowest BCUT2D eigenvalue weighted by Gasteiger charge is -2.32. The third-order valence-electron chi connectivity index (χ3n) is 6.54. The number of nitrogens with zero attached hydrogens (tertiary/aromatic N) is 2. The van der Waals surface area contributed by atoms with Crippen LogP contribution in [0.25, 0.3) is 0 Å². The third kappa shape index (κ3) is 6.75. The Labute approximate surface area is 207 Å². The van der Waals surface area contributed by atoms with Gasteiger partial charge in [-0.1, -0.05) is 12.1 Å². The number of amides is 1. The van der Waals surface area contributed by atoms with E-state index in [1.54, 1.807) is 19.5 Å². The number of rotatable bonds is 10. The van der Waals surface area contributed by atoms with Gasteiger partial charge in [0.15, 0.2) is 11.5 Å². The molecule has 1 aliphatic heterocycles. The summed E-state index contributed by atoms with van der Waals surface area (Å²) in [5, 5.41) is 0. The zero-order valence-corrected chi connectivity index (χ0v) is 20.6. The molecule has 35 heavy (non-hydrogen) atoms. The van der Waals surface area contributed by atoms with E-state index < -0.39 is 0 Å². The Balaban J connectivity index is 1.30. The number of piperidine rings is 1. The Hall–Kier alpha value is -3.54. The summed E-state index contributed by atoms with van der Waals surface area (Å²) in [7, 11) is 1.69. The van der Waals surface area contributed by atoms with Crippen LogP contribution in [0.3, 0.4) is 0 Å². The number of hydrogen-bond acceptors (Lipinski definition) is 5. The molecule has 1 saturated heterocycles. The Morgan fingerprint density at radius 2 is 1.69 bits per heavy atom. The molecule has 2 heterocycles. The van der Waals surface area contributed by atoms with Crippen LogP contribution in [0, 0.1) is 5.92 Å². The van der Waals surface area contributed by atoms with Crippen molar-refractivity contribution in [3.05, 3.63) is 83.7 Å². The summed E-state index contributed by atoms with van der Waals surface area (Å²) in [6, 6.07) is 17.6. The number of ether oxygens (including phenoxy) is 3. The van der Waals surface area contributed by atoms with E-state index in [0.29, 0.717) is 36.2 Å². The molecule has 1 aromatic heterocycles. The minimum atomic E-state index is 0.0558. The van der Waals surface area contributed by atoms with Crippen LogP contribution in [-0.2, 0) is 13.0 Å². The number of methoxy groups -OCH3 is 1. The first-order chi connectivity index (χ1) is 17.2. The predicted octanol–water partition coefficient (Wildman–Crippen LogP) is 5.55. The average Bonchev–Trinajstić information content (AvgIpc) is 2.92. The quantitative estimate of drug-likeness (QED) is 0.385. The standard InChI is InChI=1S/C29H34N2O4/c1-3-34-28-20-25(8-11-27(28)35-21-24-12-16-30-17-13-24)29(32)31-18-14-23(15-19-31)5-4-22-6-9-26(33-2)10-7-22/h6-13,16-17,20,23H,3-5,14-15,18-19,21H2,1-2H3. The second-order valence-electron chi connectivity index (χ2n) is 8.86. The Morgan fingerprint density at radius 1 is 0.943 bits per heavy atom. The maximum atomic E-state index is 13.2. The molecule has 0 N–H and O–H groups in total. The topological polar surface area (TPSA) is 60.9 Å². The van der Waals surface area contributed by atoms with Crippen molar-refractivity contribution in [3.63, 3.8) is 0 Å². The normalized spacial score (nSPS) is 13.9. The molecule has 2 aromatic carbocycles. The monoisotopic (exact) mass is 474 g/mol. The van der Waals surface area contributed by atoms with E-state index in [1.807, 2.05) is 54.3 Å². The molecule has 6 heteroatoms. The van der Waals surface area contributed by atoms with Crippen LogP contribution >= 0.6 is 0 Å². The van der Waals surface area contributed by atoms with Crippen molar-refractivity contribution in [2.45, 2.75) is 39.2 Å². The molecule has 0 bridgehead atoms. The summed E-state index contributed by atoms with van der Waals surface area (Å²) in [6.45, 7) is 4.42. The van der Waals surface area contributed by atoms with Crippen molar-refractivity contribution >= 4 is 5.91 Å². The second-order valence-corrected chi connectivity index (χ2v) is 8.86. The van der Waals surface area contributed by atoms with Crippen LogP contribution in [0.4, 0.5) is 0 Å². The van der Waals surface area contributed by atoms with Crippen LogP contribution < -0.4 is 14.2 Å². The molecular formula is C29H34N2O4. The molecule has 3 aromatic rings. The summed E-state index contributed by atoms with van der Waals surface area (Å²) >= 11 is 0. The lowest BCUT2D eigenvalue weighted by atomic mass is 9.90. The fourth-order valence-corrected chi connectivity index (χ4v) is 4.44. The highest BCUT2D eigenvalue weighted by Crippen LogP contribution is 2.31. The van der Waals surface area contributed by atoms with Crippen molar-refractivity contribution in [2.75, 3.05) is 26.8 Å². The molecule has 1 fully saturated rings. The van der Waals surface area contributed by atoms with E-state index in [-0.39, 0.29) is 5.91 Å². The summed E-state index contributed by atoms with van der Waals surface area (Å²) in [4.78, 5) is 19.2. The fraction of sp³-hybridized carbons (Fsp3) is 0.379. The fourth-order valence-electron chi connectivity index (χ4n) is 4.44. The Bertz CT molecular complexity index is 1080.